The van der Waals surface area contributed by atoms with Gasteiger partial charge in [0.25, 0.3) is 0 Å². The fourth-order valence-electron chi connectivity index (χ4n) is 11.0. The lowest BCUT2D eigenvalue weighted by Gasteiger charge is -2.24. The van der Waals surface area contributed by atoms with Crippen LogP contribution in [0.2, 0.25) is 0 Å². The van der Waals surface area contributed by atoms with Gasteiger partial charge in [0.05, 0.1) is 11.0 Å². The van der Waals surface area contributed by atoms with Gasteiger partial charge in [-0.3, -0.25) is 0 Å². The topological polar surface area (TPSA) is 4.93 Å². The molecule has 0 fully saturated rings. The van der Waals surface area contributed by atoms with Gasteiger partial charge in [0.2, 0.25) is 0 Å². The molecule has 68 heavy (non-hydrogen) atoms. The quantitative estimate of drug-likeness (QED) is 0.122. The monoisotopic (exact) mass is 871 g/mol. The normalized spacial score (nSPS) is 13.1. The number of para-hydroxylation sites is 1. The van der Waals surface area contributed by atoms with E-state index in [0.717, 1.165) is 19.3 Å². The first kappa shape index (κ1) is 41.4. The van der Waals surface area contributed by atoms with Gasteiger partial charge >= 0.3 is 0 Å². The van der Waals surface area contributed by atoms with E-state index in [1.54, 1.807) is 0 Å². The van der Waals surface area contributed by atoms with Gasteiger partial charge in [0.1, 0.15) is 0 Å². The molecule has 10 aromatic carbocycles. The molecule has 1 heterocycles. The van der Waals surface area contributed by atoms with Gasteiger partial charge in [-0.05, 0) is 151 Å². The third kappa shape index (κ3) is 7.65. The van der Waals surface area contributed by atoms with Crippen molar-refractivity contribution in [2.45, 2.75) is 44.4 Å². The fraction of sp³-hybridized carbons (Fsp3) is 0.104. The maximum atomic E-state index is 2.54. The summed E-state index contributed by atoms with van der Waals surface area (Å²) >= 11 is 0. The summed E-state index contributed by atoms with van der Waals surface area (Å²) in [6, 6.07) is 89.9. The maximum Gasteiger partial charge on any atom is 0.0541 e. The van der Waals surface area contributed by atoms with Crippen molar-refractivity contribution in [3.8, 4) is 61.3 Å². The summed E-state index contributed by atoms with van der Waals surface area (Å²) in [4.78, 5) is 0. The largest absolute Gasteiger partial charge is 0.309 e. The minimum atomic E-state index is -0.0815. The van der Waals surface area contributed by atoms with Gasteiger partial charge in [-0.25, -0.2) is 0 Å². The Hall–Kier alpha value is -8.00. The number of fused-ring (bicyclic) bond motifs is 6. The van der Waals surface area contributed by atoms with E-state index in [-0.39, 0.29) is 5.41 Å². The van der Waals surface area contributed by atoms with Crippen molar-refractivity contribution < 1.29 is 0 Å². The van der Waals surface area contributed by atoms with E-state index < -0.39 is 0 Å². The Kier molecular flexibility index (Phi) is 10.6. The molecular formula is C67H53N. The maximum absolute atomic E-state index is 2.54. The fourth-order valence-corrected chi connectivity index (χ4v) is 11.0. The van der Waals surface area contributed by atoms with Crippen LogP contribution in [-0.2, 0) is 18.3 Å². The second kappa shape index (κ2) is 17.3. The Morgan fingerprint density at radius 2 is 0.794 bits per heavy atom. The average molecular weight is 872 g/mol. The molecule has 1 nitrogen and oxygen atoms in total. The lowest BCUT2D eigenvalue weighted by molar-refractivity contribution is 0.614. The first-order valence-electron chi connectivity index (χ1n) is 24.2. The molecule has 12 rings (SSSR count). The SMILES string of the molecule is CC1(C)c2cc(-c3ccccc3)ccc2-c2ccc(C(CCc3ccc(-c4ccc(-c5ccc6c(c5)c5cc(-c7ccccc7)ccc5n6-c5ccccc5)cc4)cc3)Cc3ccccc3)cc21. The molecule has 1 unspecified atom stereocenters. The Balaban J connectivity index is 0.793. The highest BCUT2D eigenvalue weighted by atomic mass is 15.0. The van der Waals surface area contributed by atoms with Crippen molar-refractivity contribution in [2.24, 2.45) is 0 Å². The van der Waals surface area contributed by atoms with E-state index in [9.17, 15) is 0 Å². The van der Waals surface area contributed by atoms with E-state index in [4.69, 9.17) is 0 Å². The van der Waals surface area contributed by atoms with Gasteiger partial charge < -0.3 is 4.57 Å². The molecule has 326 valence electrons. The van der Waals surface area contributed by atoms with Crippen molar-refractivity contribution in [1.29, 1.82) is 0 Å². The minimum absolute atomic E-state index is 0.0815. The number of benzene rings is 10. The zero-order valence-electron chi connectivity index (χ0n) is 38.7. The van der Waals surface area contributed by atoms with Crippen LogP contribution >= 0.6 is 0 Å². The van der Waals surface area contributed by atoms with Crippen molar-refractivity contribution >= 4 is 21.8 Å². The average Bonchev–Trinajstić information content (AvgIpc) is 3.85. The number of aryl methyl sites for hydroxylation is 1. The van der Waals surface area contributed by atoms with E-state index in [1.165, 1.54) is 111 Å². The summed E-state index contributed by atoms with van der Waals surface area (Å²) in [5, 5.41) is 2.52. The Labute approximate surface area is 400 Å². The van der Waals surface area contributed by atoms with Gasteiger partial charge in [0.15, 0.2) is 0 Å². The van der Waals surface area contributed by atoms with E-state index in [1.807, 2.05) is 0 Å². The number of rotatable bonds is 11. The molecule has 0 saturated carbocycles. The number of nitrogens with zero attached hydrogens (tertiary/aromatic N) is 1. The molecule has 0 radical (unpaired) electrons. The van der Waals surface area contributed by atoms with Crippen LogP contribution in [0.5, 0.6) is 0 Å². The summed E-state index contributed by atoms with van der Waals surface area (Å²) in [5.41, 5.74) is 23.2. The highest BCUT2D eigenvalue weighted by Gasteiger charge is 2.36. The summed E-state index contributed by atoms with van der Waals surface area (Å²) in [5.74, 6) is 0.398. The van der Waals surface area contributed by atoms with E-state index in [0.29, 0.717) is 5.92 Å². The van der Waals surface area contributed by atoms with Crippen LogP contribution in [0.1, 0.15) is 54.0 Å². The Morgan fingerprint density at radius 1 is 0.368 bits per heavy atom. The zero-order chi connectivity index (χ0) is 45.6. The molecule has 0 amide bonds. The smallest absolute Gasteiger partial charge is 0.0541 e. The Bertz CT molecular complexity index is 3560. The van der Waals surface area contributed by atoms with Gasteiger partial charge in [-0.1, -0.05) is 214 Å². The van der Waals surface area contributed by atoms with E-state index >= 15 is 0 Å². The highest BCUT2D eigenvalue weighted by molar-refractivity contribution is 6.11. The van der Waals surface area contributed by atoms with Crippen LogP contribution in [0.3, 0.4) is 0 Å². The summed E-state index contributed by atoms with van der Waals surface area (Å²) < 4.78 is 2.40. The van der Waals surface area contributed by atoms with Crippen molar-refractivity contribution in [1.82, 2.24) is 4.57 Å². The first-order chi connectivity index (χ1) is 33.4. The van der Waals surface area contributed by atoms with Crippen molar-refractivity contribution in [2.75, 3.05) is 0 Å². The van der Waals surface area contributed by atoms with Crippen molar-refractivity contribution in [3.63, 3.8) is 0 Å². The van der Waals surface area contributed by atoms with Crippen LogP contribution in [0.15, 0.2) is 243 Å². The predicted octanol–water partition coefficient (Wildman–Crippen LogP) is 17.7. The second-order valence-corrected chi connectivity index (χ2v) is 19.3. The highest BCUT2D eigenvalue weighted by Crippen LogP contribution is 2.51. The first-order valence-corrected chi connectivity index (χ1v) is 24.2. The molecule has 0 N–H and O–H groups in total. The molecule has 0 spiro atoms. The molecule has 0 bridgehead atoms. The minimum Gasteiger partial charge on any atom is -0.309 e. The molecule has 0 saturated heterocycles. The lowest BCUT2D eigenvalue weighted by Crippen LogP contribution is -2.16. The van der Waals surface area contributed by atoms with Crippen LogP contribution in [0.25, 0.3) is 83.1 Å². The predicted molar refractivity (Wildman–Crippen MR) is 288 cm³/mol. The molecule has 1 heteroatoms. The third-order valence-corrected chi connectivity index (χ3v) is 14.8. The summed E-state index contributed by atoms with van der Waals surface area (Å²) in [6.07, 6.45) is 3.12. The summed E-state index contributed by atoms with van der Waals surface area (Å²) in [6.45, 7) is 4.81. The van der Waals surface area contributed by atoms with Crippen LogP contribution in [-0.4, -0.2) is 4.57 Å². The van der Waals surface area contributed by atoms with Gasteiger partial charge in [-0.15, -0.1) is 0 Å². The zero-order valence-corrected chi connectivity index (χ0v) is 38.7. The second-order valence-electron chi connectivity index (χ2n) is 19.3. The standard InChI is InChI=1S/C67H53N/c1-67(2)63-44-56(49-19-11-5-12-20-49)33-37-59(63)60-38-34-57(45-64(60)67)53(41-47-15-7-3-8-16-47)28-25-46-23-26-50(27-24-46)51-29-31-52(32-30-51)55-36-40-66-62(43-55)61-42-54(48-17-9-4-10-18-48)35-39-65(61)68(66)58-21-13-6-14-22-58/h3-24,26-27,29-40,42-45,53H,25,28,41H2,1-2H3. The van der Waals surface area contributed by atoms with E-state index in [2.05, 4.69) is 261 Å². The van der Waals surface area contributed by atoms with Crippen LogP contribution in [0.4, 0.5) is 0 Å². The molecule has 0 aliphatic heterocycles. The number of hydrogen-bond acceptors (Lipinski definition) is 0. The Morgan fingerprint density at radius 3 is 1.37 bits per heavy atom. The van der Waals surface area contributed by atoms with Gasteiger partial charge in [-0.2, -0.15) is 0 Å². The molecule has 1 aromatic heterocycles. The van der Waals surface area contributed by atoms with Gasteiger partial charge in [0, 0.05) is 21.9 Å². The molecule has 11 aromatic rings. The molecular weight excluding hydrogens is 819 g/mol. The number of hydrogen-bond donors (Lipinski definition) is 0. The lowest BCUT2D eigenvalue weighted by atomic mass is 9.79. The third-order valence-electron chi connectivity index (χ3n) is 14.8. The van der Waals surface area contributed by atoms with Crippen molar-refractivity contribution in [3.05, 3.63) is 270 Å². The molecule has 1 aliphatic carbocycles. The summed E-state index contributed by atoms with van der Waals surface area (Å²) in [7, 11) is 0. The number of aromatic nitrogens is 1. The molecule has 1 atom stereocenters. The van der Waals surface area contributed by atoms with Crippen LogP contribution in [0, 0.1) is 0 Å². The van der Waals surface area contributed by atoms with Crippen LogP contribution < -0.4 is 0 Å². The molecule has 1 aliphatic rings.